The normalized spacial score (nSPS) is 21.3. The van der Waals surface area contributed by atoms with E-state index < -0.39 is 0 Å². The van der Waals surface area contributed by atoms with Gasteiger partial charge < -0.3 is 15.2 Å². The predicted octanol–water partition coefficient (Wildman–Crippen LogP) is 2.08. The van der Waals surface area contributed by atoms with Crippen LogP contribution in [0.15, 0.2) is 30.6 Å². The van der Waals surface area contributed by atoms with Gasteiger partial charge in [0.1, 0.15) is 5.01 Å². The molecule has 3 rings (SSSR count). The highest BCUT2D eigenvalue weighted by molar-refractivity contribution is 7.14. The van der Waals surface area contributed by atoms with Crippen molar-refractivity contribution in [2.75, 3.05) is 26.4 Å². The fourth-order valence-corrected chi connectivity index (χ4v) is 3.62. The minimum atomic E-state index is 0.0866. The molecule has 1 aliphatic heterocycles. The van der Waals surface area contributed by atoms with Gasteiger partial charge in [-0.1, -0.05) is 6.07 Å². The van der Waals surface area contributed by atoms with Gasteiger partial charge in [0.25, 0.3) is 0 Å². The van der Waals surface area contributed by atoms with Gasteiger partial charge in [-0.25, -0.2) is 4.98 Å². The molecule has 1 fully saturated rings. The quantitative estimate of drug-likeness (QED) is 0.818. The Kier molecular flexibility index (Phi) is 5.15. The molecule has 0 spiro atoms. The molecule has 1 atom stereocenters. The monoisotopic (exact) mass is 319 g/mol. The molecule has 5 nitrogen and oxygen atoms in total. The average Bonchev–Trinajstić information content (AvgIpc) is 3.19. The van der Waals surface area contributed by atoms with Crippen molar-refractivity contribution in [1.82, 2.24) is 15.3 Å². The number of thiazole rings is 1. The van der Waals surface area contributed by atoms with E-state index >= 15 is 0 Å². The number of rotatable bonds is 7. The summed E-state index contributed by atoms with van der Waals surface area (Å²) in [4.78, 5) is 9.96. The zero-order valence-corrected chi connectivity index (χ0v) is 13.3. The molecule has 22 heavy (non-hydrogen) atoms. The van der Waals surface area contributed by atoms with Crippen molar-refractivity contribution in [3.8, 4) is 10.7 Å². The van der Waals surface area contributed by atoms with Gasteiger partial charge in [-0.15, -0.1) is 11.3 Å². The summed E-state index contributed by atoms with van der Waals surface area (Å²) < 4.78 is 5.51. The Morgan fingerprint density at radius 3 is 3.05 bits per heavy atom. The van der Waals surface area contributed by atoms with E-state index in [0.717, 1.165) is 49.8 Å². The second-order valence-corrected chi connectivity index (χ2v) is 6.84. The maximum absolute atomic E-state index is 9.24. The molecule has 0 saturated carbocycles. The van der Waals surface area contributed by atoms with Crippen LogP contribution in [0.4, 0.5) is 0 Å². The van der Waals surface area contributed by atoms with Crippen molar-refractivity contribution in [1.29, 1.82) is 0 Å². The maximum atomic E-state index is 9.24. The van der Waals surface area contributed by atoms with Crippen molar-refractivity contribution in [2.45, 2.75) is 19.4 Å². The molecule has 0 aliphatic carbocycles. The molecule has 118 valence electrons. The van der Waals surface area contributed by atoms with Gasteiger partial charge in [0.15, 0.2) is 0 Å². The number of pyridine rings is 1. The van der Waals surface area contributed by atoms with E-state index in [1.54, 1.807) is 17.5 Å². The Hall–Kier alpha value is -1.34. The van der Waals surface area contributed by atoms with Gasteiger partial charge in [0, 0.05) is 49.0 Å². The third-order valence-electron chi connectivity index (χ3n) is 4.06. The largest absolute Gasteiger partial charge is 0.396 e. The second-order valence-electron chi connectivity index (χ2n) is 5.73. The van der Waals surface area contributed by atoms with Crippen LogP contribution in [0.1, 0.15) is 17.7 Å². The smallest absolute Gasteiger partial charge is 0.142 e. The van der Waals surface area contributed by atoms with E-state index in [9.17, 15) is 5.11 Å². The zero-order valence-electron chi connectivity index (χ0n) is 12.5. The Morgan fingerprint density at radius 2 is 2.32 bits per heavy atom. The standard InChI is InChI=1S/C16H21N3O2S/c20-7-4-16(5-8-21-12-16)11-17-9-13-10-19-15(22-13)14-3-1-2-6-18-14/h1-3,6,10,17,20H,4-5,7-9,11-12H2. The second kappa shape index (κ2) is 7.28. The Balaban J connectivity index is 1.55. The van der Waals surface area contributed by atoms with Crippen LogP contribution in [0.3, 0.4) is 0 Å². The SMILES string of the molecule is OCCC1(CNCc2cnc(-c3ccccn3)s2)CCOC1. The summed E-state index contributed by atoms with van der Waals surface area (Å²) in [6.07, 6.45) is 5.50. The number of nitrogens with one attached hydrogen (secondary N) is 1. The first-order valence-electron chi connectivity index (χ1n) is 7.57. The fraction of sp³-hybridized carbons (Fsp3) is 0.500. The number of aliphatic hydroxyl groups excluding tert-OH is 1. The number of ether oxygens (including phenoxy) is 1. The van der Waals surface area contributed by atoms with Crippen LogP contribution in [0.5, 0.6) is 0 Å². The van der Waals surface area contributed by atoms with E-state index in [-0.39, 0.29) is 12.0 Å². The lowest BCUT2D eigenvalue weighted by Crippen LogP contribution is -2.35. The van der Waals surface area contributed by atoms with Gasteiger partial charge >= 0.3 is 0 Å². The van der Waals surface area contributed by atoms with Crippen LogP contribution in [0.2, 0.25) is 0 Å². The molecule has 2 aromatic rings. The summed E-state index contributed by atoms with van der Waals surface area (Å²) >= 11 is 1.66. The summed E-state index contributed by atoms with van der Waals surface area (Å²) in [5.41, 5.74) is 1.00. The molecule has 0 aromatic carbocycles. The minimum absolute atomic E-state index is 0.0866. The molecule has 0 radical (unpaired) electrons. The molecule has 0 bridgehead atoms. The highest BCUT2D eigenvalue weighted by Gasteiger charge is 2.33. The topological polar surface area (TPSA) is 67.3 Å². The maximum Gasteiger partial charge on any atom is 0.142 e. The van der Waals surface area contributed by atoms with E-state index in [2.05, 4.69) is 15.3 Å². The van der Waals surface area contributed by atoms with E-state index in [0.29, 0.717) is 0 Å². The molecule has 1 aliphatic rings. The number of aliphatic hydroxyl groups is 1. The minimum Gasteiger partial charge on any atom is -0.396 e. The van der Waals surface area contributed by atoms with Crippen molar-refractivity contribution in [3.05, 3.63) is 35.5 Å². The first kappa shape index (κ1) is 15.6. The van der Waals surface area contributed by atoms with Crippen LogP contribution >= 0.6 is 11.3 Å². The Labute approximate surface area is 134 Å². The molecule has 2 N–H and O–H groups in total. The summed E-state index contributed by atoms with van der Waals surface area (Å²) in [6, 6.07) is 5.85. The molecular weight excluding hydrogens is 298 g/mol. The zero-order chi connectivity index (χ0) is 15.3. The van der Waals surface area contributed by atoms with Gasteiger partial charge in [0.2, 0.25) is 0 Å². The van der Waals surface area contributed by atoms with Gasteiger partial charge in [-0.2, -0.15) is 0 Å². The van der Waals surface area contributed by atoms with Crippen molar-refractivity contribution >= 4 is 11.3 Å². The van der Waals surface area contributed by atoms with E-state index in [1.165, 1.54) is 4.88 Å². The van der Waals surface area contributed by atoms with Gasteiger partial charge in [0.05, 0.1) is 12.3 Å². The summed E-state index contributed by atoms with van der Waals surface area (Å²) in [6.45, 7) is 3.41. The molecule has 2 aromatic heterocycles. The lowest BCUT2D eigenvalue weighted by Gasteiger charge is -2.26. The molecule has 0 amide bonds. The summed E-state index contributed by atoms with van der Waals surface area (Å²) in [5, 5.41) is 13.7. The number of nitrogens with zero attached hydrogens (tertiary/aromatic N) is 2. The lowest BCUT2D eigenvalue weighted by atomic mass is 9.84. The lowest BCUT2D eigenvalue weighted by molar-refractivity contribution is 0.124. The third-order valence-corrected chi connectivity index (χ3v) is 5.08. The van der Waals surface area contributed by atoms with Crippen molar-refractivity contribution in [2.24, 2.45) is 5.41 Å². The summed E-state index contributed by atoms with van der Waals surface area (Å²) in [7, 11) is 0. The van der Waals surface area contributed by atoms with Gasteiger partial charge in [-0.3, -0.25) is 4.98 Å². The Bertz CT molecular complexity index is 582. The predicted molar refractivity (Wildman–Crippen MR) is 86.6 cm³/mol. The molecule has 3 heterocycles. The van der Waals surface area contributed by atoms with Crippen molar-refractivity contribution in [3.63, 3.8) is 0 Å². The molecule has 1 saturated heterocycles. The van der Waals surface area contributed by atoms with Crippen molar-refractivity contribution < 1.29 is 9.84 Å². The average molecular weight is 319 g/mol. The first-order chi connectivity index (χ1) is 10.8. The highest BCUT2D eigenvalue weighted by atomic mass is 32.1. The number of hydrogen-bond acceptors (Lipinski definition) is 6. The van der Waals surface area contributed by atoms with Crippen LogP contribution in [-0.4, -0.2) is 41.4 Å². The number of hydrogen-bond donors (Lipinski definition) is 2. The molecular formula is C16H21N3O2S. The fourth-order valence-electron chi connectivity index (χ4n) is 2.76. The molecule has 1 unspecified atom stereocenters. The first-order valence-corrected chi connectivity index (χ1v) is 8.38. The molecule has 6 heteroatoms. The third kappa shape index (κ3) is 3.70. The van der Waals surface area contributed by atoms with E-state index in [1.807, 2.05) is 24.4 Å². The van der Waals surface area contributed by atoms with Gasteiger partial charge in [-0.05, 0) is 25.0 Å². The van der Waals surface area contributed by atoms with E-state index in [4.69, 9.17) is 4.74 Å². The number of aromatic nitrogens is 2. The van der Waals surface area contributed by atoms with Crippen LogP contribution in [0.25, 0.3) is 10.7 Å². The Morgan fingerprint density at radius 1 is 1.36 bits per heavy atom. The highest BCUT2D eigenvalue weighted by Crippen LogP contribution is 2.31. The van der Waals surface area contributed by atoms with Crippen LogP contribution in [0, 0.1) is 5.41 Å². The van der Waals surface area contributed by atoms with Crippen LogP contribution < -0.4 is 5.32 Å². The van der Waals surface area contributed by atoms with Crippen LogP contribution in [-0.2, 0) is 11.3 Å². The summed E-state index contributed by atoms with van der Waals surface area (Å²) in [5.74, 6) is 0.